The lowest BCUT2D eigenvalue weighted by Gasteiger charge is -2.23. The maximum atomic E-state index is 11.8. The van der Waals surface area contributed by atoms with Crippen LogP contribution >= 0.6 is 0 Å². The van der Waals surface area contributed by atoms with Crippen molar-refractivity contribution in [2.75, 3.05) is 6.61 Å². The molecule has 0 saturated heterocycles. The van der Waals surface area contributed by atoms with E-state index < -0.39 is 0 Å². The van der Waals surface area contributed by atoms with Crippen LogP contribution in [0.4, 0.5) is 0 Å². The summed E-state index contributed by atoms with van der Waals surface area (Å²) in [6.45, 7) is 10.9. The van der Waals surface area contributed by atoms with Crippen LogP contribution in [-0.2, 0) is 19.1 Å². The molecule has 160 valence electrons. The number of ether oxygens (including phenoxy) is 2. The van der Waals surface area contributed by atoms with Crippen LogP contribution in [0.2, 0.25) is 0 Å². The molecule has 0 aliphatic rings. The summed E-state index contributed by atoms with van der Waals surface area (Å²) in [7, 11) is 0. The van der Waals surface area contributed by atoms with Gasteiger partial charge in [0.25, 0.3) is 0 Å². The summed E-state index contributed by atoms with van der Waals surface area (Å²) in [5, 5.41) is 0. The predicted molar refractivity (Wildman–Crippen MR) is 112 cm³/mol. The van der Waals surface area contributed by atoms with Gasteiger partial charge in [0, 0.05) is 0 Å². The van der Waals surface area contributed by atoms with Crippen LogP contribution in [0.1, 0.15) is 118 Å². The van der Waals surface area contributed by atoms with Crippen LogP contribution in [0.3, 0.4) is 0 Å². The van der Waals surface area contributed by atoms with E-state index in [0.717, 1.165) is 19.3 Å². The quantitative estimate of drug-likeness (QED) is 0.222. The molecule has 0 aliphatic carbocycles. The summed E-state index contributed by atoms with van der Waals surface area (Å²) in [6, 6.07) is 0. The van der Waals surface area contributed by atoms with Gasteiger partial charge in [0.05, 0.1) is 25.6 Å². The fraction of sp³-hybridized carbons (Fsp3) is 0.913. The highest BCUT2D eigenvalue weighted by Crippen LogP contribution is 2.22. The molecule has 0 saturated carbocycles. The van der Waals surface area contributed by atoms with E-state index in [1.54, 1.807) is 0 Å². The Hall–Kier alpha value is -1.06. The van der Waals surface area contributed by atoms with E-state index in [9.17, 15) is 9.59 Å². The standard InChI is InChI=1S/C23H44O4/c1-6-7-8-9-10-11-12-13-14-15-18-26-21(24)16-17-22(25)27-20(2)19-23(3,4)5/h20H,6-19H2,1-5H3. The van der Waals surface area contributed by atoms with Gasteiger partial charge in [-0.2, -0.15) is 0 Å². The second kappa shape index (κ2) is 15.9. The van der Waals surface area contributed by atoms with E-state index in [4.69, 9.17) is 9.47 Å². The molecule has 1 unspecified atom stereocenters. The Balaban J connectivity index is 3.50. The average Bonchev–Trinajstić information content (AvgIpc) is 2.56. The van der Waals surface area contributed by atoms with Crippen LogP contribution in [0.25, 0.3) is 0 Å². The van der Waals surface area contributed by atoms with Crippen molar-refractivity contribution in [1.29, 1.82) is 0 Å². The molecule has 1 atom stereocenters. The van der Waals surface area contributed by atoms with Gasteiger partial charge in [-0.1, -0.05) is 85.5 Å². The van der Waals surface area contributed by atoms with Crippen molar-refractivity contribution in [3.05, 3.63) is 0 Å². The number of carbonyl (C=O) groups is 2. The van der Waals surface area contributed by atoms with Crippen molar-refractivity contribution in [2.45, 2.75) is 124 Å². The number of esters is 2. The molecule has 0 aromatic carbocycles. The molecule has 0 aliphatic heterocycles. The number of unbranched alkanes of at least 4 members (excludes halogenated alkanes) is 9. The summed E-state index contributed by atoms with van der Waals surface area (Å²) in [5.41, 5.74) is 0.119. The zero-order valence-electron chi connectivity index (χ0n) is 18.6. The van der Waals surface area contributed by atoms with Crippen LogP contribution < -0.4 is 0 Å². The third-order valence-corrected chi connectivity index (χ3v) is 4.53. The highest BCUT2D eigenvalue weighted by Gasteiger charge is 2.19. The minimum Gasteiger partial charge on any atom is -0.466 e. The molecule has 0 rings (SSSR count). The van der Waals surface area contributed by atoms with Crippen LogP contribution in [0, 0.1) is 5.41 Å². The molecule has 0 aromatic rings. The lowest BCUT2D eigenvalue weighted by Crippen LogP contribution is -2.21. The van der Waals surface area contributed by atoms with E-state index in [0.29, 0.717) is 6.61 Å². The van der Waals surface area contributed by atoms with Gasteiger partial charge in [-0.25, -0.2) is 0 Å². The molecule has 0 N–H and O–H groups in total. The Labute approximate surface area is 167 Å². The number of rotatable bonds is 16. The van der Waals surface area contributed by atoms with Gasteiger partial charge in [-0.3, -0.25) is 9.59 Å². The second-order valence-electron chi connectivity index (χ2n) is 8.97. The van der Waals surface area contributed by atoms with E-state index in [-0.39, 0.29) is 36.3 Å². The molecule has 0 fully saturated rings. The zero-order valence-corrected chi connectivity index (χ0v) is 18.6. The first-order valence-corrected chi connectivity index (χ1v) is 11.1. The first-order valence-electron chi connectivity index (χ1n) is 11.1. The molecule has 0 radical (unpaired) electrons. The van der Waals surface area contributed by atoms with Crippen molar-refractivity contribution in [1.82, 2.24) is 0 Å². The minimum absolute atomic E-state index is 0.103. The molecule has 4 nitrogen and oxygen atoms in total. The largest absolute Gasteiger partial charge is 0.466 e. The Morgan fingerprint density at radius 1 is 0.778 bits per heavy atom. The van der Waals surface area contributed by atoms with Crippen molar-refractivity contribution in [3.8, 4) is 0 Å². The van der Waals surface area contributed by atoms with Gasteiger partial charge in [-0.15, -0.1) is 0 Å². The number of hydrogen-bond acceptors (Lipinski definition) is 4. The van der Waals surface area contributed by atoms with E-state index in [1.165, 1.54) is 51.4 Å². The van der Waals surface area contributed by atoms with Gasteiger partial charge in [0.2, 0.25) is 0 Å². The second-order valence-corrected chi connectivity index (χ2v) is 8.97. The summed E-state index contributed by atoms with van der Waals surface area (Å²) < 4.78 is 10.5. The molecule has 4 heteroatoms. The van der Waals surface area contributed by atoms with E-state index in [1.807, 2.05) is 6.92 Å². The fourth-order valence-electron chi connectivity index (χ4n) is 3.24. The SMILES string of the molecule is CCCCCCCCCCCCOC(=O)CCC(=O)OC(C)CC(C)(C)C. The molecule has 0 bridgehead atoms. The van der Waals surface area contributed by atoms with Crippen LogP contribution in [0.5, 0.6) is 0 Å². The highest BCUT2D eigenvalue weighted by molar-refractivity contribution is 5.77. The van der Waals surface area contributed by atoms with Gasteiger partial charge >= 0.3 is 11.9 Å². The predicted octanol–water partition coefficient (Wildman–Crippen LogP) is 6.60. The zero-order chi connectivity index (χ0) is 20.5. The summed E-state index contributed by atoms with van der Waals surface area (Å²) in [6.07, 6.45) is 13.5. The molecule has 0 spiro atoms. The van der Waals surface area contributed by atoms with Crippen LogP contribution in [-0.4, -0.2) is 24.6 Å². The Morgan fingerprint density at radius 2 is 1.26 bits per heavy atom. The van der Waals surface area contributed by atoms with Gasteiger partial charge in [0.1, 0.15) is 0 Å². The average molecular weight is 385 g/mol. The normalized spacial score (nSPS) is 12.6. The number of carbonyl (C=O) groups excluding carboxylic acids is 2. The maximum absolute atomic E-state index is 11.8. The fourth-order valence-corrected chi connectivity index (χ4v) is 3.24. The van der Waals surface area contributed by atoms with Crippen molar-refractivity contribution in [3.63, 3.8) is 0 Å². The third kappa shape index (κ3) is 19.5. The van der Waals surface area contributed by atoms with Crippen molar-refractivity contribution >= 4 is 11.9 Å². The molecular weight excluding hydrogens is 340 g/mol. The number of hydrogen-bond donors (Lipinski definition) is 0. The Morgan fingerprint density at radius 3 is 1.78 bits per heavy atom. The van der Waals surface area contributed by atoms with Crippen molar-refractivity contribution < 1.29 is 19.1 Å². The topological polar surface area (TPSA) is 52.6 Å². The highest BCUT2D eigenvalue weighted by atomic mass is 16.5. The summed E-state index contributed by atoms with van der Waals surface area (Å²) in [5.74, 6) is -0.617. The minimum atomic E-state index is -0.317. The first-order chi connectivity index (χ1) is 12.7. The summed E-state index contributed by atoms with van der Waals surface area (Å²) in [4.78, 5) is 23.5. The lowest BCUT2D eigenvalue weighted by molar-refractivity contribution is -0.154. The van der Waals surface area contributed by atoms with Crippen LogP contribution in [0.15, 0.2) is 0 Å². The third-order valence-electron chi connectivity index (χ3n) is 4.53. The molecular formula is C23H44O4. The maximum Gasteiger partial charge on any atom is 0.306 e. The van der Waals surface area contributed by atoms with E-state index >= 15 is 0 Å². The van der Waals surface area contributed by atoms with Crippen molar-refractivity contribution in [2.24, 2.45) is 5.41 Å². The smallest absolute Gasteiger partial charge is 0.306 e. The monoisotopic (exact) mass is 384 g/mol. The van der Waals surface area contributed by atoms with Gasteiger partial charge in [-0.05, 0) is 25.2 Å². The molecule has 0 aromatic heterocycles. The van der Waals surface area contributed by atoms with E-state index in [2.05, 4.69) is 27.7 Å². The molecule has 0 amide bonds. The Bertz CT molecular complexity index is 384. The first kappa shape index (κ1) is 25.9. The van der Waals surface area contributed by atoms with Gasteiger partial charge in [0.15, 0.2) is 0 Å². The van der Waals surface area contributed by atoms with Gasteiger partial charge < -0.3 is 9.47 Å². The lowest BCUT2D eigenvalue weighted by atomic mass is 9.90. The molecule has 0 heterocycles. The molecule has 27 heavy (non-hydrogen) atoms. The summed E-state index contributed by atoms with van der Waals surface area (Å²) >= 11 is 0. The Kier molecular flexibility index (Phi) is 15.3.